The monoisotopic (exact) mass is 410 g/mol. The molecule has 0 heterocycles. The molecule has 0 unspecified atom stereocenters. The van der Waals surface area contributed by atoms with Crippen LogP contribution in [-0.2, 0) is 14.8 Å². The zero-order valence-corrected chi connectivity index (χ0v) is 17.0. The maximum atomic E-state index is 12.4. The number of anilines is 1. The maximum Gasteiger partial charge on any atom is 0.243 e. The molecule has 27 heavy (non-hydrogen) atoms. The van der Waals surface area contributed by atoms with E-state index >= 15 is 0 Å². The second kappa shape index (κ2) is 9.10. The van der Waals surface area contributed by atoms with Gasteiger partial charge in [-0.15, -0.1) is 0 Å². The lowest BCUT2D eigenvalue weighted by atomic mass is 10.2. The number of hydrogen-bond acceptors (Lipinski definition) is 4. The van der Waals surface area contributed by atoms with E-state index in [4.69, 9.17) is 16.3 Å². The van der Waals surface area contributed by atoms with Crippen molar-refractivity contribution < 1.29 is 17.9 Å². The van der Waals surface area contributed by atoms with E-state index in [0.717, 1.165) is 21.9 Å². The van der Waals surface area contributed by atoms with Crippen LogP contribution in [0.3, 0.4) is 0 Å². The smallest absolute Gasteiger partial charge is 0.243 e. The number of ether oxygens (including phenoxy) is 1. The zero-order chi connectivity index (χ0) is 20.0. The number of halogens is 1. The van der Waals surface area contributed by atoms with Gasteiger partial charge >= 0.3 is 0 Å². The molecule has 1 N–H and O–H groups in total. The minimum atomic E-state index is -3.66. The third-order valence-corrected chi connectivity index (χ3v) is 5.32. The Morgan fingerprint density at radius 3 is 2.48 bits per heavy atom. The molecule has 2 rings (SSSR count). The van der Waals surface area contributed by atoms with Crippen LogP contribution >= 0.6 is 11.6 Å². The fourth-order valence-electron chi connectivity index (χ4n) is 2.59. The largest absolute Gasteiger partial charge is 0.492 e. The summed E-state index contributed by atoms with van der Waals surface area (Å²) in [6.07, 6.45) is 1.06. The molecule has 8 heteroatoms. The summed E-state index contributed by atoms with van der Waals surface area (Å²) < 4.78 is 31.0. The molecule has 1 amide bonds. The Hall–Kier alpha value is -2.25. The van der Waals surface area contributed by atoms with Crippen molar-refractivity contribution in [2.45, 2.75) is 19.9 Å². The first-order chi connectivity index (χ1) is 12.7. The predicted molar refractivity (Wildman–Crippen MR) is 108 cm³/mol. The fourth-order valence-corrected chi connectivity index (χ4v) is 3.89. The number of carbonyl (C=O) groups is 1. The van der Waals surface area contributed by atoms with E-state index in [2.05, 4.69) is 5.32 Å². The van der Waals surface area contributed by atoms with Gasteiger partial charge in [-0.05, 0) is 55.8 Å². The molecule has 2 aromatic rings. The molecule has 0 aromatic heterocycles. The number of sulfonamides is 1. The van der Waals surface area contributed by atoms with Crippen molar-refractivity contribution in [3.05, 3.63) is 59.1 Å². The van der Waals surface area contributed by atoms with Crippen LogP contribution in [0.25, 0.3) is 0 Å². The van der Waals surface area contributed by atoms with Crippen LogP contribution < -0.4 is 14.4 Å². The van der Waals surface area contributed by atoms with Gasteiger partial charge in [-0.3, -0.25) is 9.10 Å². The van der Waals surface area contributed by atoms with Gasteiger partial charge < -0.3 is 10.1 Å². The topological polar surface area (TPSA) is 75.7 Å². The molecule has 0 aliphatic heterocycles. The van der Waals surface area contributed by atoms with Crippen molar-refractivity contribution >= 4 is 33.2 Å². The standard InChI is InChI=1S/C19H23ClN2O4S/c1-14-5-4-6-18(13-14)26-12-11-21-19(23)15(2)22(27(3,24)25)17-9-7-16(20)8-10-17/h4-10,13,15H,11-12H2,1-3H3,(H,21,23)/t15-/m1/s1. The summed E-state index contributed by atoms with van der Waals surface area (Å²) in [4.78, 5) is 12.4. The fraction of sp³-hybridized carbons (Fsp3) is 0.316. The van der Waals surface area contributed by atoms with Gasteiger partial charge in [0, 0.05) is 5.02 Å². The molecule has 0 saturated carbocycles. The molecule has 0 aliphatic rings. The van der Waals surface area contributed by atoms with Gasteiger partial charge in [0.1, 0.15) is 18.4 Å². The summed E-state index contributed by atoms with van der Waals surface area (Å²) in [6.45, 7) is 4.04. The summed E-state index contributed by atoms with van der Waals surface area (Å²) in [7, 11) is -3.66. The van der Waals surface area contributed by atoms with Crippen LogP contribution in [-0.4, -0.2) is 39.8 Å². The molecule has 0 spiro atoms. The van der Waals surface area contributed by atoms with Crippen molar-refractivity contribution in [3.8, 4) is 5.75 Å². The van der Waals surface area contributed by atoms with Crippen molar-refractivity contribution in [2.24, 2.45) is 0 Å². The minimum Gasteiger partial charge on any atom is -0.492 e. The molecule has 2 aromatic carbocycles. The summed E-state index contributed by atoms with van der Waals surface area (Å²) in [5.74, 6) is 0.305. The van der Waals surface area contributed by atoms with Crippen LogP contribution in [0.4, 0.5) is 5.69 Å². The maximum absolute atomic E-state index is 12.4. The molecule has 1 atom stereocenters. The van der Waals surface area contributed by atoms with E-state index < -0.39 is 22.0 Å². The van der Waals surface area contributed by atoms with Gasteiger partial charge in [0.25, 0.3) is 0 Å². The molecular formula is C19H23ClN2O4S. The number of hydrogen-bond donors (Lipinski definition) is 1. The number of amides is 1. The van der Waals surface area contributed by atoms with E-state index in [1.807, 2.05) is 31.2 Å². The molecule has 0 saturated heterocycles. The van der Waals surface area contributed by atoms with Crippen LogP contribution in [0.1, 0.15) is 12.5 Å². The first-order valence-electron chi connectivity index (χ1n) is 8.40. The number of carbonyl (C=O) groups excluding carboxylic acids is 1. The van der Waals surface area contributed by atoms with Crippen LogP contribution in [0.5, 0.6) is 5.75 Å². The molecule has 146 valence electrons. The van der Waals surface area contributed by atoms with Crippen molar-refractivity contribution in [1.82, 2.24) is 5.32 Å². The second-order valence-corrected chi connectivity index (χ2v) is 8.46. The average Bonchev–Trinajstić information content (AvgIpc) is 2.59. The molecule has 0 radical (unpaired) electrons. The van der Waals surface area contributed by atoms with Gasteiger partial charge in [0.2, 0.25) is 15.9 Å². The first-order valence-corrected chi connectivity index (χ1v) is 10.6. The molecule has 6 nitrogen and oxygen atoms in total. The molecule has 0 aliphatic carbocycles. The van der Waals surface area contributed by atoms with E-state index in [0.29, 0.717) is 10.7 Å². The number of rotatable bonds is 8. The van der Waals surface area contributed by atoms with Crippen LogP contribution in [0, 0.1) is 6.92 Å². The molecule has 0 bridgehead atoms. The lowest BCUT2D eigenvalue weighted by Gasteiger charge is -2.28. The zero-order valence-electron chi connectivity index (χ0n) is 15.5. The highest BCUT2D eigenvalue weighted by molar-refractivity contribution is 7.92. The third kappa shape index (κ3) is 6.15. The summed E-state index contributed by atoms with van der Waals surface area (Å²) >= 11 is 5.86. The lowest BCUT2D eigenvalue weighted by molar-refractivity contribution is -0.121. The van der Waals surface area contributed by atoms with Crippen molar-refractivity contribution in [3.63, 3.8) is 0 Å². The van der Waals surface area contributed by atoms with E-state index in [-0.39, 0.29) is 13.2 Å². The number of nitrogens with zero attached hydrogens (tertiary/aromatic N) is 1. The summed E-state index contributed by atoms with van der Waals surface area (Å²) in [5, 5.41) is 3.19. The Morgan fingerprint density at radius 1 is 1.22 bits per heavy atom. The van der Waals surface area contributed by atoms with Gasteiger partial charge in [-0.1, -0.05) is 23.7 Å². The van der Waals surface area contributed by atoms with E-state index in [1.54, 1.807) is 24.3 Å². The van der Waals surface area contributed by atoms with Crippen molar-refractivity contribution in [2.75, 3.05) is 23.7 Å². The summed E-state index contributed by atoms with van der Waals surface area (Å²) in [5.41, 5.74) is 1.46. The second-order valence-electron chi connectivity index (χ2n) is 6.17. The van der Waals surface area contributed by atoms with E-state index in [9.17, 15) is 13.2 Å². The Bertz CT molecular complexity index is 885. The Balaban J connectivity index is 1.97. The number of nitrogens with one attached hydrogen (secondary N) is 1. The Kier molecular flexibility index (Phi) is 7.10. The Labute approximate surface area is 165 Å². The number of benzene rings is 2. The van der Waals surface area contributed by atoms with Crippen LogP contribution in [0.2, 0.25) is 5.02 Å². The lowest BCUT2D eigenvalue weighted by Crippen LogP contribution is -2.48. The quantitative estimate of drug-likeness (QED) is 0.679. The van der Waals surface area contributed by atoms with Crippen molar-refractivity contribution in [1.29, 1.82) is 0 Å². The highest BCUT2D eigenvalue weighted by Gasteiger charge is 2.28. The molecular weight excluding hydrogens is 388 g/mol. The third-order valence-electron chi connectivity index (χ3n) is 3.83. The highest BCUT2D eigenvalue weighted by atomic mass is 35.5. The molecule has 0 fully saturated rings. The van der Waals surface area contributed by atoms with Gasteiger partial charge in [-0.2, -0.15) is 0 Å². The minimum absolute atomic E-state index is 0.259. The Morgan fingerprint density at radius 2 is 1.89 bits per heavy atom. The average molecular weight is 411 g/mol. The summed E-state index contributed by atoms with van der Waals surface area (Å²) in [6, 6.07) is 13.0. The SMILES string of the molecule is Cc1cccc(OCCNC(=O)[C@@H](C)N(c2ccc(Cl)cc2)S(C)(=O)=O)c1. The normalized spacial score (nSPS) is 12.3. The van der Waals surface area contributed by atoms with Gasteiger partial charge in [0.05, 0.1) is 18.5 Å². The predicted octanol–water partition coefficient (Wildman–Crippen LogP) is 3.00. The van der Waals surface area contributed by atoms with Gasteiger partial charge in [0.15, 0.2) is 0 Å². The number of aryl methyl sites for hydroxylation is 1. The van der Waals surface area contributed by atoms with Crippen LogP contribution in [0.15, 0.2) is 48.5 Å². The first kappa shape index (κ1) is 21.1. The van der Waals surface area contributed by atoms with E-state index in [1.165, 1.54) is 6.92 Å². The highest BCUT2D eigenvalue weighted by Crippen LogP contribution is 2.23. The van der Waals surface area contributed by atoms with Gasteiger partial charge in [-0.25, -0.2) is 8.42 Å².